The second-order valence-electron chi connectivity index (χ2n) is 4.20. The van der Waals surface area contributed by atoms with Gasteiger partial charge in [0.25, 0.3) is 0 Å². The van der Waals surface area contributed by atoms with Gasteiger partial charge in [0.1, 0.15) is 12.2 Å². The summed E-state index contributed by atoms with van der Waals surface area (Å²) in [6.45, 7) is 3.69. The number of aliphatic hydroxyl groups excluding tert-OH is 2. The minimum atomic E-state index is -1.48. The fraction of sp³-hybridized carbons (Fsp3) is 0.889. The Hall–Kier alpha value is -0.690. The van der Waals surface area contributed by atoms with Crippen molar-refractivity contribution in [1.29, 1.82) is 0 Å². The monoisotopic (exact) mass is 218 g/mol. The fourth-order valence-electron chi connectivity index (χ4n) is 1.77. The number of ether oxygens (including phenoxy) is 3. The van der Waals surface area contributed by atoms with E-state index >= 15 is 0 Å². The van der Waals surface area contributed by atoms with Crippen LogP contribution in [-0.4, -0.2) is 53.0 Å². The van der Waals surface area contributed by atoms with Gasteiger partial charge in [-0.25, -0.2) is 4.79 Å². The van der Waals surface area contributed by atoms with Gasteiger partial charge in [-0.2, -0.15) is 0 Å². The van der Waals surface area contributed by atoms with Crippen molar-refractivity contribution in [2.24, 2.45) is 0 Å². The number of aliphatic hydroxyl groups is 2. The molecule has 0 spiro atoms. The lowest BCUT2D eigenvalue weighted by atomic mass is 10.1. The highest BCUT2D eigenvalue weighted by molar-refractivity contribution is 5.77. The maximum Gasteiger partial charge on any atom is 0.338 e. The van der Waals surface area contributed by atoms with E-state index in [0.29, 0.717) is 0 Å². The van der Waals surface area contributed by atoms with E-state index in [-0.39, 0.29) is 6.61 Å². The van der Waals surface area contributed by atoms with Crippen molar-refractivity contribution in [2.45, 2.75) is 44.1 Å². The first kappa shape index (κ1) is 10.8. The van der Waals surface area contributed by atoms with E-state index < -0.39 is 36.2 Å². The SMILES string of the molecule is CC1(C)OC[C@@H]([C@H]2OC(=O)[C@@H](O)[C@@H]2O)O1. The lowest BCUT2D eigenvalue weighted by molar-refractivity contribution is -0.166. The van der Waals surface area contributed by atoms with Crippen molar-refractivity contribution in [3.8, 4) is 0 Å². The van der Waals surface area contributed by atoms with E-state index in [4.69, 9.17) is 14.2 Å². The Morgan fingerprint density at radius 1 is 1.40 bits per heavy atom. The van der Waals surface area contributed by atoms with E-state index in [1.54, 1.807) is 13.8 Å². The van der Waals surface area contributed by atoms with Crippen molar-refractivity contribution >= 4 is 5.97 Å². The van der Waals surface area contributed by atoms with E-state index in [9.17, 15) is 15.0 Å². The molecular formula is C9H14O6. The Kier molecular flexibility index (Phi) is 2.46. The molecule has 2 fully saturated rings. The first-order chi connectivity index (χ1) is 6.91. The summed E-state index contributed by atoms with van der Waals surface area (Å²) in [7, 11) is 0. The Labute approximate surface area is 86.7 Å². The summed E-state index contributed by atoms with van der Waals surface area (Å²) in [4.78, 5) is 11.0. The smallest absolute Gasteiger partial charge is 0.338 e. The van der Waals surface area contributed by atoms with Gasteiger partial charge in [-0.15, -0.1) is 0 Å². The molecule has 2 aliphatic heterocycles. The average Bonchev–Trinajstić information content (AvgIpc) is 2.62. The molecule has 2 rings (SSSR count). The summed E-state index contributed by atoms with van der Waals surface area (Å²) in [6, 6.07) is 0. The van der Waals surface area contributed by atoms with Crippen LogP contribution in [0.15, 0.2) is 0 Å². The number of carbonyl (C=O) groups excluding carboxylic acids is 1. The third-order valence-corrected chi connectivity index (χ3v) is 2.55. The van der Waals surface area contributed by atoms with Gasteiger partial charge in [0, 0.05) is 0 Å². The molecule has 2 N–H and O–H groups in total. The van der Waals surface area contributed by atoms with Gasteiger partial charge in [-0.3, -0.25) is 0 Å². The minimum absolute atomic E-state index is 0.231. The summed E-state index contributed by atoms with van der Waals surface area (Å²) in [5, 5.41) is 18.7. The molecule has 0 aliphatic carbocycles. The summed E-state index contributed by atoms with van der Waals surface area (Å²) >= 11 is 0. The molecule has 0 saturated carbocycles. The molecule has 0 unspecified atom stereocenters. The molecule has 4 atom stereocenters. The van der Waals surface area contributed by atoms with Crippen LogP contribution in [0.3, 0.4) is 0 Å². The van der Waals surface area contributed by atoms with Crippen LogP contribution in [0.2, 0.25) is 0 Å². The Morgan fingerprint density at radius 2 is 2.07 bits per heavy atom. The van der Waals surface area contributed by atoms with Crippen LogP contribution in [0.1, 0.15) is 13.8 Å². The maximum atomic E-state index is 11.0. The molecule has 0 radical (unpaired) electrons. The van der Waals surface area contributed by atoms with E-state index in [1.165, 1.54) is 0 Å². The Bertz CT molecular complexity index is 276. The third-order valence-electron chi connectivity index (χ3n) is 2.55. The molecule has 6 heteroatoms. The molecule has 0 bridgehead atoms. The predicted molar refractivity (Wildman–Crippen MR) is 46.8 cm³/mol. The number of rotatable bonds is 1. The molecule has 2 saturated heterocycles. The van der Waals surface area contributed by atoms with Gasteiger partial charge in [0.2, 0.25) is 0 Å². The second kappa shape index (κ2) is 3.41. The maximum absolute atomic E-state index is 11.0. The zero-order valence-electron chi connectivity index (χ0n) is 8.54. The normalized spacial score (nSPS) is 44.4. The van der Waals surface area contributed by atoms with Crippen LogP contribution in [0.5, 0.6) is 0 Å². The van der Waals surface area contributed by atoms with Crippen molar-refractivity contribution in [3.63, 3.8) is 0 Å². The number of carbonyl (C=O) groups is 1. The molecule has 2 aliphatic rings. The summed E-state index contributed by atoms with van der Waals surface area (Å²) in [6.07, 6.45) is -4.12. The first-order valence-electron chi connectivity index (χ1n) is 4.79. The third kappa shape index (κ3) is 1.85. The van der Waals surface area contributed by atoms with E-state index in [1.807, 2.05) is 0 Å². The number of hydrogen-bond donors (Lipinski definition) is 2. The van der Waals surface area contributed by atoms with Crippen molar-refractivity contribution in [2.75, 3.05) is 6.61 Å². The number of esters is 1. The van der Waals surface area contributed by atoms with Gasteiger partial charge in [0.05, 0.1) is 6.61 Å². The van der Waals surface area contributed by atoms with Gasteiger partial charge < -0.3 is 24.4 Å². The van der Waals surface area contributed by atoms with E-state index in [0.717, 1.165) is 0 Å². The quantitative estimate of drug-likeness (QED) is 0.537. The van der Waals surface area contributed by atoms with Crippen LogP contribution in [0.4, 0.5) is 0 Å². The number of cyclic esters (lactones) is 1. The summed E-state index contributed by atoms with van der Waals surface area (Å²) < 4.78 is 15.5. The molecule has 0 aromatic carbocycles. The highest BCUT2D eigenvalue weighted by atomic mass is 16.8. The highest BCUT2D eigenvalue weighted by Crippen LogP contribution is 2.30. The van der Waals surface area contributed by atoms with Gasteiger partial charge in [-0.05, 0) is 13.8 Å². The van der Waals surface area contributed by atoms with Crippen LogP contribution in [-0.2, 0) is 19.0 Å². The van der Waals surface area contributed by atoms with Crippen molar-refractivity contribution in [3.05, 3.63) is 0 Å². The zero-order valence-corrected chi connectivity index (χ0v) is 8.54. The summed E-state index contributed by atoms with van der Waals surface area (Å²) in [5.74, 6) is -1.56. The Morgan fingerprint density at radius 3 is 2.47 bits per heavy atom. The van der Waals surface area contributed by atoms with Crippen LogP contribution in [0.25, 0.3) is 0 Å². The van der Waals surface area contributed by atoms with E-state index in [2.05, 4.69) is 0 Å². The predicted octanol–water partition coefficient (Wildman–Crippen LogP) is -1.21. The topological polar surface area (TPSA) is 85.2 Å². The largest absolute Gasteiger partial charge is 0.455 e. The molecule has 0 aromatic heterocycles. The fourth-order valence-corrected chi connectivity index (χ4v) is 1.77. The van der Waals surface area contributed by atoms with Crippen molar-refractivity contribution < 1.29 is 29.2 Å². The molecule has 86 valence electrons. The molecular weight excluding hydrogens is 204 g/mol. The number of hydrogen-bond acceptors (Lipinski definition) is 6. The highest BCUT2D eigenvalue weighted by Gasteiger charge is 2.50. The standard InChI is InChI=1S/C9H14O6/c1-9(2)13-3-4(15-9)7-5(10)6(11)8(12)14-7/h4-7,10-11H,3H2,1-2H3/t4-,5-,6-,7+/m0/s1. The van der Waals surface area contributed by atoms with Crippen LogP contribution in [0, 0.1) is 0 Å². The average molecular weight is 218 g/mol. The van der Waals surface area contributed by atoms with Crippen LogP contribution < -0.4 is 0 Å². The summed E-state index contributed by atoms with van der Waals surface area (Å²) in [5.41, 5.74) is 0. The molecule has 0 amide bonds. The first-order valence-corrected chi connectivity index (χ1v) is 4.79. The molecule has 6 nitrogen and oxygen atoms in total. The lowest BCUT2D eigenvalue weighted by Gasteiger charge is -2.21. The molecule has 15 heavy (non-hydrogen) atoms. The van der Waals surface area contributed by atoms with Crippen LogP contribution >= 0.6 is 0 Å². The van der Waals surface area contributed by atoms with Gasteiger partial charge >= 0.3 is 5.97 Å². The zero-order chi connectivity index (χ0) is 11.2. The minimum Gasteiger partial charge on any atom is -0.455 e. The second-order valence-corrected chi connectivity index (χ2v) is 4.20. The van der Waals surface area contributed by atoms with Gasteiger partial charge in [0.15, 0.2) is 18.0 Å². The van der Waals surface area contributed by atoms with Gasteiger partial charge in [-0.1, -0.05) is 0 Å². The molecule has 0 aromatic rings. The molecule has 2 heterocycles. The van der Waals surface area contributed by atoms with Crippen molar-refractivity contribution in [1.82, 2.24) is 0 Å². The lowest BCUT2D eigenvalue weighted by Crippen LogP contribution is -2.40. The Balaban J connectivity index is 2.04.